The minimum atomic E-state index is 0.0130. The summed E-state index contributed by atoms with van der Waals surface area (Å²) >= 11 is 6.03. The van der Waals surface area contributed by atoms with E-state index in [1.54, 1.807) is 0 Å². The molecule has 2 unspecified atom stereocenters. The van der Waals surface area contributed by atoms with Gasteiger partial charge >= 0.3 is 0 Å². The molecular weight excluding hydrogens is 270 g/mol. The number of hydrogen-bond acceptors (Lipinski definition) is 2. The van der Waals surface area contributed by atoms with Gasteiger partial charge in [-0.1, -0.05) is 30.7 Å². The number of Topliss-reactive ketones (excluding diaryl/α,β-unsaturated/α-hetero) is 1. The second-order valence-electron chi connectivity index (χ2n) is 6.45. The second kappa shape index (κ2) is 5.16. The van der Waals surface area contributed by atoms with E-state index in [2.05, 4.69) is 31.0 Å². The molecule has 0 spiro atoms. The van der Waals surface area contributed by atoms with Gasteiger partial charge in [0, 0.05) is 28.9 Å². The van der Waals surface area contributed by atoms with Crippen LogP contribution in [0.1, 0.15) is 44.6 Å². The zero-order valence-corrected chi connectivity index (χ0v) is 13.0. The molecule has 2 aliphatic rings. The summed E-state index contributed by atoms with van der Waals surface area (Å²) in [6.45, 7) is 2.08. The molecule has 2 fully saturated rings. The number of rotatable bonds is 3. The smallest absolute Gasteiger partial charge is 0.135 e. The summed E-state index contributed by atoms with van der Waals surface area (Å²) in [7, 11) is 2.23. The van der Waals surface area contributed by atoms with Crippen molar-refractivity contribution in [1.82, 2.24) is 4.90 Å². The van der Waals surface area contributed by atoms with E-state index < -0.39 is 0 Å². The van der Waals surface area contributed by atoms with Crippen LogP contribution in [0.4, 0.5) is 0 Å². The maximum absolute atomic E-state index is 11.9. The quantitative estimate of drug-likeness (QED) is 0.838. The van der Waals surface area contributed by atoms with Crippen LogP contribution >= 0.6 is 11.6 Å². The summed E-state index contributed by atoms with van der Waals surface area (Å²) in [6, 6.07) is 8.92. The minimum absolute atomic E-state index is 0.0130. The van der Waals surface area contributed by atoms with Gasteiger partial charge in [0.15, 0.2) is 0 Å². The molecule has 2 atom stereocenters. The maximum atomic E-state index is 11.9. The SMILES string of the molecule is CC1CC(c2ccc(Cl)cc2)(N(C)C2CC2)CCC1=O. The van der Waals surface area contributed by atoms with Crippen LogP contribution in [0, 0.1) is 5.92 Å². The molecule has 1 aromatic carbocycles. The van der Waals surface area contributed by atoms with E-state index in [1.165, 1.54) is 18.4 Å². The Balaban J connectivity index is 1.98. The van der Waals surface area contributed by atoms with Crippen LogP contribution in [0.2, 0.25) is 5.02 Å². The number of carbonyl (C=O) groups excluding carboxylic acids is 1. The minimum Gasteiger partial charge on any atom is -0.299 e. The molecule has 108 valence electrons. The summed E-state index contributed by atoms with van der Waals surface area (Å²) in [5.74, 6) is 0.569. The van der Waals surface area contributed by atoms with Crippen molar-refractivity contribution >= 4 is 17.4 Å². The van der Waals surface area contributed by atoms with Crippen LogP contribution < -0.4 is 0 Å². The fourth-order valence-corrected chi connectivity index (χ4v) is 3.78. The van der Waals surface area contributed by atoms with E-state index in [9.17, 15) is 4.79 Å². The molecule has 0 bridgehead atoms. The summed E-state index contributed by atoms with van der Waals surface area (Å²) in [4.78, 5) is 14.5. The van der Waals surface area contributed by atoms with Crippen molar-refractivity contribution in [3.63, 3.8) is 0 Å². The molecule has 0 radical (unpaired) electrons. The van der Waals surface area contributed by atoms with E-state index in [0.717, 1.165) is 17.9 Å². The average molecular weight is 292 g/mol. The molecule has 0 N–H and O–H groups in total. The van der Waals surface area contributed by atoms with Gasteiger partial charge in [-0.2, -0.15) is 0 Å². The molecular formula is C17H22ClNO. The van der Waals surface area contributed by atoms with Gasteiger partial charge < -0.3 is 0 Å². The first-order valence-electron chi connectivity index (χ1n) is 7.54. The monoisotopic (exact) mass is 291 g/mol. The van der Waals surface area contributed by atoms with E-state index in [1.807, 2.05) is 12.1 Å². The zero-order chi connectivity index (χ0) is 14.3. The molecule has 0 amide bonds. The average Bonchev–Trinajstić information content (AvgIpc) is 3.26. The van der Waals surface area contributed by atoms with Crippen molar-refractivity contribution in [3.05, 3.63) is 34.9 Å². The van der Waals surface area contributed by atoms with Crippen molar-refractivity contribution < 1.29 is 4.79 Å². The first-order chi connectivity index (χ1) is 9.53. The van der Waals surface area contributed by atoms with Crippen molar-refractivity contribution in [3.8, 4) is 0 Å². The lowest BCUT2D eigenvalue weighted by molar-refractivity contribution is -0.128. The van der Waals surface area contributed by atoms with Gasteiger partial charge in [-0.05, 0) is 50.4 Å². The summed E-state index contributed by atoms with van der Waals surface area (Å²) in [5, 5.41) is 0.776. The Hall–Kier alpha value is -0.860. The fraction of sp³-hybridized carbons (Fsp3) is 0.588. The molecule has 20 heavy (non-hydrogen) atoms. The van der Waals surface area contributed by atoms with E-state index in [0.29, 0.717) is 18.2 Å². The predicted octanol–water partition coefficient (Wildman–Crippen LogP) is 4.02. The van der Waals surface area contributed by atoms with Crippen molar-refractivity contribution in [2.24, 2.45) is 5.92 Å². The van der Waals surface area contributed by atoms with E-state index in [4.69, 9.17) is 11.6 Å². The van der Waals surface area contributed by atoms with Crippen LogP contribution in [0.3, 0.4) is 0 Å². The number of halogens is 1. The molecule has 3 rings (SSSR count). The van der Waals surface area contributed by atoms with Gasteiger partial charge in [0.25, 0.3) is 0 Å². The highest BCUT2D eigenvalue weighted by Gasteiger charge is 2.47. The summed E-state index contributed by atoms with van der Waals surface area (Å²) in [6.07, 6.45) is 5.13. The largest absolute Gasteiger partial charge is 0.299 e. The van der Waals surface area contributed by atoms with Crippen LogP contribution in [0.15, 0.2) is 24.3 Å². The predicted molar refractivity (Wildman–Crippen MR) is 81.9 cm³/mol. The summed E-state index contributed by atoms with van der Waals surface area (Å²) < 4.78 is 0. The van der Waals surface area contributed by atoms with Crippen molar-refractivity contribution in [1.29, 1.82) is 0 Å². The number of hydrogen-bond donors (Lipinski definition) is 0. The van der Waals surface area contributed by atoms with Gasteiger partial charge in [0.05, 0.1) is 0 Å². The van der Waals surface area contributed by atoms with Gasteiger partial charge in [0.2, 0.25) is 0 Å². The van der Waals surface area contributed by atoms with E-state index in [-0.39, 0.29) is 11.5 Å². The Morgan fingerprint density at radius 1 is 1.25 bits per heavy atom. The molecule has 0 saturated heterocycles. The third kappa shape index (κ3) is 2.40. The molecule has 0 heterocycles. The third-order valence-electron chi connectivity index (χ3n) is 5.13. The van der Waals surface area contributed by atoms with E-state index >= 15 is 0 Å². The molecule has 1 aromatic rings. The Morgan fingerprint density at radius 3 is 2.45 bits per heavy atom. The van der Waals surface area contributed by atoms with Crippen LogP contribution in [-0.2, 0) is 10.3 Å². The summed E-state index contributed by atoms with van der Waals surface area (Å²) in [5.41, 5.74) is 1.33. The highest BCUT2D eigenvalue weighted by molar-refractivity contribution is 6.30. The standard InChI is InChI=1S/C17H22ClNO/c1-12-11-17(10-9-16(12)20,19(2)15-7-8-15)13-3-5-14(18)6-4-13/h3-6,12,15H,7-11H2,1-2H3. The normalized spacial score (nSPS) is 30.8. The van der Waals surface area contributed by atoms with Crippen molar-refractivity contribution in [2.45, 2.75) is 50.6 Å². The molecule has 2 aliphatic carbocycles. The van der Waals surface area contributed by atoms with Crippen LogP contribution in [0.5, 0.6) is 0 Å². The first-order valence-corrected chi connectivity index (χ1v) is 7.92. The molecule has 2 nitrogen and oxygen atoms in total. The molecule has 3 heteroatoms. The lowest BCUT2D eigenvalue weighted by Crippen LogP contribution is -2.49. The Bertz CT molecular complexity index is 508. The highest BCUT2D eigenvalue weighted by Crippen LogP contribution is 2.47. The molecule has 2 saturated carbocycles. The highest BCUT2D eigenvalue weighted by atomic mass is 35.5. The first kappa shape index (κ1) is 14.1. The Kier molecular flexibility index (Phi) is 3.64. The zero-order valence-electron chi connectivity index (χ0n) is 12.2. The Labute approximate surface area is 126 Å². The lowest BCUT2D eigenvalue weighted by atomic mass is 9.71. The number of benzene rings is 1. The van der Waals surface area contributed by atoms with Gasteiger partial charge in [-0.25, -0.2) is 0 Å². The number of nitrogens with zero attached hydrogens (tertiary/aromatic N) is 1. The van der Waals surface area contributed by atoms with Crippen molar-refractivity contribution in [2.75, 3.05) is 7.05 Å². The fourth-order valence-electron chi connectivity index (χ4n) is 3.66. The van der Waals surface area contributed by atoms with Crippen LogP contribution in [0.25, 0.3) is 0 Å². The lowest BCUT2D eigenvalue weighted by Gasteiger charge is -2.47. The van der Waals surface area contributed by atoms with Gasteiger partial charge in [-0.3, -0.25) is 9.69 Å². The maximum Gasteiger partial charge on any atom is 0.135 e. The number of carbonyl (C=O) groups is 1. The second-order valence-corrected chi connectivity index (χ2v) is 6.89. The topological polar surface area (TPSA) is 20.3 Å². The van der Waals surface area contributed by atoms with Crippen LogP contribution in [-0.4, -0.2) is 23.8 Å². The van der Waals surface area contributed by atoms with Gasteiger partial charge in [-0.15, -0.1) is 0 Å². The number of ketones is 1. The third-order valence-corrected chi connectivity index (χ3v) is 5.38. The molecule has 0 aromatic heterocycles. The molecule has 0 aliphatic heterocycles. The van der Waals surface area contributed by atoms with Gasteiger partial charge in [0.1, 0.15) is 5.78 Å². The Morgan fingerprint density at radius 2 is 1.90 bits per heavy atom.